The molecule has 3 heterocycles. The topological polar surface area (TPSA) is 77.3 Å². The van der Waals surface area contributed by atoms with Gasteiger partial charge in [-0.1, -0.05) is 146 Å². The fourth-order valence-electron chi connectivity index (χ4n) is 6.25. The zero-order valence-corrected chi connectivity index (χ0v) is 26.8. The molecule has 0 N–H and O–H groups in total. The first kappa shape index (κ1) is 29.2. The molecule has 0 amide bonds. The molecule has 0 aliphatic rings. The molecule has 9 aromatic rings. The van der Waals surface area contributed by atoms with E-state index in [1.54, 1.807) is 0 Å². The van der Waals surface area contributed by atoms with Crippen molar-refractivity contribution in [3.05, 3.63) is 170 Å². The third-order valence-electron chi connectivity index (χ3n) is 8.74. The van der Waals surface area contributed by atoms with E-state index in [4.69, 9.17) is 29.9 Å². The summed E-state index contributed by atoms with van der Waals surface area (Å²) in [6, 6.07) is 57.1. The van der Waals surface area contributed by atoms with Crippen molar-refractivity contribution in [1.29, 1.82) is 0 Å². The van der Waals surface area contributed by atoms with Gasteiger partial charge in [-0.2, -0.15) is 0 Å². The first-order valence-corrected chi connectivity index (χ1v) is 16.5. The fraction of sp³-hybridized carbons (Fsp3) is 0. The second-order valence-corrected chi connectivity index (χ2v) is 12.0. The molecule has 234 valence electrons. The van der Waals surface area contributed by atoms with Gasteiger partial charge in [0.05, 0.1) is 16.9 Å². The summed E-state index contributed by atoms with van der Waals surface area (Å²) >= 11 is 0. The normalized spacial score (nSPS) is 11.2. The highest BCUT2D eigenvalue weighted by molar-refractivity contribution is 6.10. The molecule has 0 saturated heterocycles. The largest absolute Gasteiger partial charge is 0.244 e. The van der Waals surface area contributed by atoms with Gasteiger partial charge < -0.3 is 0 Å². The highest BCUT2D eigenvalue weighted by atomic mass is 15.0. The summed E-state index contributed by atoms with van der Waals surface area (Å²) < 4.78 is 0. The third kappa shape index (κ3) is 5.55. The summed E-state index contributed by atoms with van der Waals surface area (Å²) in [5, 5.41) is 3.11. The van der Waals surface area contributed by atoms with E-state index in [2.05, 4.69) is 54.6 Å². The van der Waals surface area contributed by atoms with Crippen LogP contribution in [0.5, 0.6) is 0 Å². The zero-order chi connectivity index (χ0) is 33.3. The van der Waals surface area contributed by atoms with E-state index < -0.39 is 0 Å². The van der Waals surface area contributed by atoms with Crippen LogP contribution < -0.4 is 0 Å². The number of aromatic nitrogens is 6. The average Bonchev–Trinajstić information content (AvgIpc) is 3.21. The Balaban J connectivity index is 1.20. The number of benzene rings is 6. The standard InChI is InChI=1S/C44H28N6/c1-5-14-30(15-6-1)39-35-27-26-29-24-25-34(28-36(29)40(35)47-41(46-39)31-16-7-2-8-17-31)37-22-13-23-38(45-37)44-49-42(32-18-9-3-10-19-32)48-43(50-44)33-20-11-4-12-21-33/h1-28H. The molecule has 6 aromatic carbocycles. The predicted molar refractivity (Wildman–Crippen MR) is 201 cm³/mol. The Bertz CT molecular complexity index is 2570. The summed E-state index contributed by atoms with van der Waals surface area (Å²) in [5.74, 6) is 2.40. The number of fused-ring (bicyclic) bond motifs is 3. The number of rotatable bonds is 6. The van der Waals surface area contributed by atoms with Gasteiger partial charge >= 0.3 is 0 Å². The summed E-state index contributed by atoms with van der Waals surface area (Å²) in [5.41, 5.74) is 8.08. The number of hydrogen-bond acceptors (Lipinski definition) is 6. The Morgan fingerprint density at radius 2 is 0.780 bits per heavy atom. The van der Waals surface area contributed by atoms with Gasteiger partial charge in [0.1, 0.15) is 5.69 Å². The molecular weight excluding hydrogens is 613 g/mol. The lowest BCUT2D eigenvalue weighted by molar-refractivity contribution is 1.06. The van der Waals surface area contributed by atoms with E-state index in [1.165, 1.54) is 0 Å². The zero-order valence-electron chi connectivity index (χ0n) is 26.8. The fourth-order valence-corrected chi connectivity index (χ4v) is 6.25. The molecule has 0 unspecified atom stereocenters. The predicted octanol–water partition coefficient (Wildman–Crippen LogP) is 10.4. The van der Waals surface area contributed by atoms with Crippen molar-refractivity contribution in [3.63, 3.8) is 0 Å². The maximum atomic E-state index is 5.18. The molecule has 6 nitrogen and oxygen atoms in total. The maximum Gasteiger partial charge on any atom is 0.182 e. The summed E-state index contributed by atoms with van der Waals surface area (Å²) in [4.78, 5) is 30.0. The molecule has 3 aromatic heterocycles. The molecule has 0 aliphatic heterocycles. The van der Waals surface area contributed by atoms with Crippen molar-refractivity contribution < 1.29 is 0 Å². The number of pyridine rings is 1. The molecule has 0 atom stereocenters. The lowest BCUT2D eigenvalue weighted by Crippen LogP contribution is -2.01. The van der Waals surface area contributed by atoms with Gasteiger partial charge in [0.2, 0.25) is 0 Å². The van der Waals surface area contributed by atoms with Crippen LogP contribution in [-0.4, -0.2) is 29.9 Å². The van der Waals surface area contributed by atoms with E-state index in [0.29, 0.717) is 29.0 Å². The van der Waals surface area contributed by atoms with Crippen LogP contribution in [0.4, 0.5) is 0 Å². The number of hydrogen-bond donors (Lipinski definition) is 0. The van der Waals surface area contributed by atoms with Crippen molar-refractivity contribution >= 4 is 21.7 Å². The van der Waals surface area contributed by atoms with E-state index in [0.717, 1.165) is 60.9 Å². The Labute approximate surface area is 288 Å². The van der Waals surface area contributed by atoms with Crippen molar-refractivity contribution in [3.8, 4) is 68.2 Å². The Hall–Kier alpha value is -6.92. The molecule has 0 fully saturated rings. The Morgan fingerprint density at radius 1 is 0.280 bits per heavy atom. The molecule has 0 spiro atoms. The van der Waals surface area contributed by atoms with E-state index in [1.807, 2.05) is 115 Å². The second kappa shape index (κ2) is 12.6. The third-order valence-corrected chi connectivity index (χ3v) is 8.74. The average molecular weight is 641 g/mol. The molecular formula is C44H28N6. The first-order chi connectivity index (χ1) is 24.8. The smallest absolute Gasteiger partial charge is 0.182 e. The van der Waals surface area contributed by atoms with Gasteiger partial charge in [-0.05, 0) is 29.7 Å². The lowest BCUT2D eigenvalue weighted by Gasteiger charge is -2.13. The van der Waals surface area contributed by atoms with Crippen LogP contribution in [0.2, 0.25) is 0 Å². The van der Waals surface area contributed by atoms with Gasteiger partial charge in [0.25, 0.3) is 0 Å². The Morgan fingerprint density at radius 3 is 1.38 bits per heavy atom. The highest BCUT2D eigenvalue weighted by Crippen LogP contribution is 2.35. The molecule has 9 rings (SSSR count). The molecule has 0 radical (unpaired) electrons. The minimum absolute atomic E-state index is 0.513. The van der Waals surface area contributed by atoms with Crippen molar-refractivity contribution in [2.45, 2.75) is 0 Å². The highest BCUT2D eigenvalue weighted by Gasteiger charge is 2.16. The summed E-state index contributed by atoms with van der Waals surface area (Å²) in [6.45, 7) is 0. The molecule has 0 aliphatic carbocycles. The molecule has 0 saturated carbocycles. The van der Waals surface area contributed by atoms with Crippen LogP contribution in [-0.2, 0) is 0 Å². The van der Waals surface area contributed by atoms with Gasteiger partial charge in [-0.15, -0.1) is 0 Å². The van der Waals surface area contributed by atoms with E-state index in [-0.39, 0.29) is 0 Å². The minimum Gasteiger partial charge on any atom is -0.244 e. The summed E-state index contributed by atoms with van der Waals surface area (Å²) in [7, 11) is 0. The van der Waals surface area contributed by atoms with Gasteiger partial charge in [-0.25, -0.2) is 29.9 Å². The van der Waals surface area contributed by atoms with E-state index in [9.17, 15) is 0 Å². The lowest BCUT2D eigenvalue weighted by atomic mass is 9.99. The van der Waals surface area contributed by atoms with Crippen LogP contribution in [0.25, 0.3) is 89.9 Å². The Kier molecular flexibility index (Phi) is 7.37. The molecule has 6 heteroatoms. The van der Waals surface area contributed by atoms with Crippen LogP contribution in [0, 0.1) is 0 Å². The monoisotopic (exact) mass is 640 g/mol. The number of nitrogens with zero attached hydrogens (tertiary/aromatic N) is 6. The summed E-state index contributed by atoms with van der Waals surface area (Å²) in [6.07, 6.45) is 0. The minimum atomic E-state index is 0.513. The quantitative estimate of drug-likeness (QED) is 0.168. The van der Waals surface area contributed by atoms with Crippen LogP contribution in [0.15, 0.2) is 170 Å². The van der Waals surface area contributed by atoms with Crippen LogP contribution >= 0.6 is 0 Å². The SMILES string of the molecule is c1ccc(-c2nc(-c3ccccc3)nc(-c3cccc(-c4ccc5ccc6c(-c7ccccc7)nc(-c7ccccc7)nc6c5c4)n3)n2)cc1. The van der Waals surface area contributed by atoms with Gasteiger partial charge in [0.15, 0.2) is 23.3 Å². The van der Waals surface area contributed by atoms with Gasteiger partial charge in [-0.3, -0.25) is 0 Å². The molecule has 50 heavy (non-hydrogen) atoms. The van der Waals surface area contributed by atoms with Crippen molar-refractivity contribution in [1.82, 2.24) is 29.9 Å². The van der Waals surface area contributed by atoms with Crippen LogP contribution in [0.1, 0.15) is 0 Å². The van der Waals surface area contributed by atoms with Crippen LogP contribution in [0.3, 0.4) is 0 Å². The maximum absolute atomic E-state index is 5.18. The van der Waals surface area contributed by atoms with Gasteiger partial charge in [0, 0.05) is 38.6 Å². The van der Waals surface area contributed by atoms with Crippen molar-refractivity contribution in [2.24, 2.45) is 0 Å². The molecule has 0 bridgehead atoms. The van der Waals surface area contributed by atoms with E-state index >= 15 is 0 Å². The van der Waals surface area contributed by atoms with Crippen molar-refractivity contribution in [2.75, 3.05) is 0 Å². The second-order valence-electron chi connectivity index (χ2n) is 12.0. The first-order valence-electron chi connectivity index (χ1n) is 16.5.